The first-order valence-electron chi connectivity index (χ1n) is 6.79. The van der Waals surface area contributed by atoms with Gasteiger partial charge in [0.1, 0.15) is 0 Å². The average molecular weight is 458 g/mol. The van der Waals surface area contributed by atoms with E-state index in [1.54, 1.807) is 0 Å². The fraction of sp³-hybridized carbons (Fsp3) is 0.385. The van der Waals surface area contributed by atoms with E-state index < -0.39 is 76.7 Å². The molecule has 0 aliphatic heterocycles. The predicted molar refractivity (Wildman–Crippen MR) is 70.0 cm³/mol. The van der Waals surface area contributed by atoms with Crippen molar-refractivity contribution in [1.29, 1.82) is 0 Å². The molecule has 0 aromatic carbocycles. The summed E-state index contributed by atoms with van der Waals surface area (Å²) in [5.74, 6) is -19.0. The number of carbonyl (C=O) groups is 4. The number of hydrogen-bond donors (Lipinski definition) is 4. The molecule has 2 unspecified atom stereocenters. The molecular weight excluding hydrogens is 452 g/mol. The van der Waals surface area contributed by atoms with Crippen LogP contribution in [-0.4, -0.2) is 68.4 Å². The molecule has 0 saturated heterocycles. The molecule has 0 radical (unpaired) electrons. The van der Waals surface area contributed by atoms with Gasteiger partial charge in [-0.3, -0.25) is 9.53 Å². The van der Waals surface area contributed by atoms with E-state index in [9.17, 15) is 54.3 Å². The maximum atomic E-state index is 14.1. The fourth-order valence-electron chi connectivity index (χ4n) is 2.53. The highest BCUT2D eigenvalue weighted by molar-refractivity contribution is 6.08. The first-order valence-corrected chi connectivity index (χ1v) is 6.79. The van der Waals surface area contributed by atoms with Crippen molar-refractivity contribution in [2.45, 2.75) is 24.1 Å². The average Bonchev–Trinajstić information content (AvgIpc) is 2.50. The van der Waals surface area contributed by atoms with Gasteiger partial charge in [0.15, 0.2) is 5.41 Å². The molecule has 0 fully saturated rings. The van der Waals surface area contributed by atoms with Crippen molar-refractivity contribution in [3.8, 4) is 0 Å². The number of carboxylic acids is 4. The van der Waals surface area contributed by atoms with E-state index in [0.29, 0.717) is 0 Å². The summed E-state index contributed by atoms with van der Waals surface area (Å²) in [6, 6.07) is 0. The van der Waals surface area contributed by atoms with Crippen LogP contribution in [0.1, 0.15) is 0 Å². The highest BCUT2D eigenvalue weighted by atomic mass is 19.4. The number of ether oxygens (including phenoxy) is 1. The summed E-state index contributed by atoms with van der Waals surface area (Å²) < 4.78 is 108. The highest BCUT2D eigenvalue weighted by Gasteiger charge is 2.77. The fourth-order valence-corrected chi connectivity index (χ4v) is 2.53. The van der Waals surface area contributed by atoms with Crippen molar-refractivity contribution >= 4 is 23.9 Å². The standard InChI is InChI=1S/C13H6F8O9/c14-11(15,12(16,17)18)9(7(26)27)1-4(6(24)25)10(8(28)29,30-13(19,20)21)2-3(9)5(22)23/h1-2H,(H,22,23)(H,24,25)(H,26,27)(H,28,29). The van der Waals surface area contributed by atoms with Gasteiger partial charge in [0.05, 0.1) is 11.1 Å². The second-order valence-electron chi connectivity index (χ2n) is 5.50. The van der Waals surface area contributed by atoms with Crippen molar-refractivity contribution < 1.29 is 79.5 Å². The van der Waals surface area contributed by atoms with E-state index in [0.717, 1.165) is 0 Å². The van der Waals surface area contributed by atoms with Crippen molar-refractivity contribution in [3.05, 3.63) is 23.3 Å². The van der Waals surface area contributed by atoms with Gasteiger partial charge in [-0.05, 0) is 12.2 Å². The molecule has 0 amide bonds. The van der Waals surface area contributed by atoms with Crippen LogP contribution in [0.2, 0.25) is 0 Å². The lowest BCUT2D eigenvalue weighted by Crippen LogP contribution is -2.61. The van der Waals surface area contributed by atoms with Crippen molar-refractivity contribution in [2.75, 3.05) is 0 Å². The summed E-state index contributed by atoms with van der Waals surface area (Å²) in [5.41, 5.74) is -15.0. The molecule has 1 aliphatic carbocycles. The highest BCUT2D eigenvalue weighted by Crippen LogP contribution is 2.57. The smallest absolute Gasteiger partial charge is 0.480 e. The van der Waals surface area contributed by atoms with Crippen LogP contribution < -0.4 is 0 Å². The SMILES string of the molecule is O=C(O)C1=CC(C(=O)O)(C(F)(F)C(F)(F)F)C(C(=O)O)=CC1(OC(F)(F)F)C(=O)O. The minimum Gasteiger partial charge on any atom is -0.480 e. The number of halogens is 8. The lowest BCUT2D eigenvalue weighted by atomic mass is 9.66. The Hall–Kier alpha value is -3.24. The van der Waals surface area contributed by atoms with Crippen LogP contribution in [0.25, 0.3) is 0 Å². The van der Waals surface area contributed by atoms with Gasteiger partial charge in [-0.2, -0.15) is 22.0 Å². The summed E-state index contributed by atoms with van der Waals surface area (Å²) in [5, 5.41) is 35.9. The zero-order valence-electron chi connectivity index (χ0n) is 13.5. The molecular formula is C13H6F8O9. The summed E-state index contributed by atoms with van der Waals surface area (Å²) in [7, 11) is 0. The summed E-state index contributed by atoms with van der Waals surface area (Å²) in [6.07, 6.45) is -15.3. The van der Waals surface area contributed by atoms with Crippen LogP contribution in [0, 0.1) is 5.41 Å². The molecule has 0 heterocycles. The van der Waals surface area contributed by atoms with Crippen LogP contribution in [-0.2, 0) is 23.9 Å². The first kappa shape index (κ1) is 24.8. The molecule has 2 atom stereocenters. The number of hydrogen-bond acceptors (Lipinski definition) is 5. The van der Waals surface area contributed by atoms with Gasteiger partial charge < -0.3 is 20.4 Å². The zero-order valence-corrected chi connectivity index (χ0v) is 13.5. The predicted octanol–water partition coefficient (Wildman–Crippen LogP) is 1.65. The Labute approximate surface area is 157 Å². The maximum Gasteiger partial charge on any atom is 0.524 e. The second-order valence-corrected chi connectivity index (χ2v) is 5.50. The molecule has 0 saturated carbocycles. The van der Waals surface area contributed by atoms with Gasteiger partial charge >= 0.3 is 42.3 Å². The largest absolute Gasteiger partial charge is 0.524 e. The van der Waals surface area contributed by atoms with Crippen molar-refractivity contribution in [1.82, 2.24) is 0 Å². The number of alkyl halides is 8. The Kier molecular flexibility index (Phi) is 5.72. The number of rotatable bonds is 6. The van der Waals surface area contributed by atoms with Crippen molar-refractivity contribution in [3.63, 3.8) is 0 Å². The van der Waals surface area contributed by atoms with E-state index in [2.05, 4.69) is 4.74 Å². The molecule has 1 aliphatic rings. The Morgan fingerprint density at radius 2 is 1.17 bits per heavy atom. The van der Waals surface area contributed by atoms with Gasteiger partial charge in [0.25, 0.3) is 0 Å². The van der Waals surface area contributed by atoms with Gasteiger partial charge in [0, 0.05) is 0 Å². The zero-order chi connectivity index (χ0) is 24.1. The van der Waals surface area contributed by atoms with Gasteiger partial charge in [-0.15, -0.1) is 13.2 Å². The third-order valence-corrected chi connectivity index (χ3v) is 3.78. The molecule has 0 aromatic heterocycles. The normalized spacial score (nSPS) is 25.2. The van der Waals surface area contributed by atoms with Crippen LogP contribution in [0.5, 0.6) is 0 Å². The van der Waals surface area contributed by atoms with Crippen LogP contribution in [0.4, 0.5) is 35.1 Å². The molecule has 168 valence electrons. The van der Waals surface area contributed by atoms with E-state index in [1.165, 1.54) is 0 Å². The molecule has 9 nitrogen and oxygen atoms in total. The second kappa shape index (κ2) is 6.92. The third kappa shape index (κ3) is 3.55. The van der Waals surface area contributed by atoms with E-state index in [-0.39, 0.29) is 0 Å². The first-order chi connectivity index (χ1) is 13.2. The van der Waals surface area contributed by atoms with E-state index in [4.69, 9.17) is 20.4 Å². The van der Waals surface area contributed by atoms with Gasteiger partial charge in [-0.1, -0.05) is 0 Å². The third-order valence-electron chi connectivity index (χ3n) is 3.78. The Balaban J connectivity index is 4.26. The number of carboxylic acid groups (broad SMARTS) is 4. The molecule has 1 rings (SSSR count). The quantitative estimate of drug-likeness (QED) is 0.434. The minimum atomic E-state index is -6.88. The Bertz CT molecular complexity index is 869. The summed E-state index contributed by atoms with van der Waals surface area (Å²) in [4.78, 5) is 45.2. The van der Waals surface area contributed by atoms with Crippen molar-refractivity contribution in [2.24, 2.45) is 5.41 Å². The minimum absolute atomic E-state index is 1.08. The molecule has 0 bridgehead atoms. The van der Waals surface area contributed by atoms with Crippen LogP contribution in [0.15, 0.2) is 23.3 Å². The lowest BCUT2D eigenvalue weighted by molar-refractivity contribution is -0.349. The Morgan fingerprint density at radius 1 is 0.733 bits per heavy atom. The maximum absolute atomic E-state index is 14.1. The summed E-state index contributed by atoms with van der Waals surface area (Å²) in [6.45, 7) is 0. The summed E-state index contributed by atoms with van der Waals surface area (Å²) >= 11 is 0. The molecule has 0 aromatic rings. The molecule has 0 spiro atoms. The topological polar surface area (TPSA) is 158 Å². The lowest BCUT2D eigenvalue weighted by Gasteiger charge is -2.41. The molecule has 4 N–H and O–H groups in total. The van der Waals surface area contributed by atoms with E-state index >= 15 is 0 Å². The van der Waals surface area contributed by atoms with E-state index in [1.807, 2.05) is 0 Å². The molecule has 30 heavy (non-hydrogen) atoms. The van der Waals surface area contributed by atoms with Crippen LogP contribution in [0.3, 0.4) is 0 Å². The monoisotopic (exact) mass is 458 g/mol. The van der Waals surface area contributed by atoms with Gasteiger partial charge in [-0.25, -0.2) is 14.4 Å². The van der Waals surface area contributed by atoms with Gasteiger partial charge in [0.2, 0.25) is 5.60 Å². The number of aliphatic carboxylic acids is 4. The van der Waals surface area contributed by atoms with Crippen LogP contribution >= 0.6 is 0 Å². The Morgan fingerprint density at radius 3 is 1.43 bits per heavy atom. The molecule has 17 heteroatoms.